The van der Waals surface area contributed by atoms with Gasteiger partial charge in [0.1, 0.15) is 30.5 Å². The van der Waals surface area contributed by atoms with E-state index in [1.54, 1.807) is 0 Å². The molecule has 0 bridgehead atoms. The molecule has 1 aliphatic rings. The summed E-state index contributed by atoms with van der Waals surface area (Å²) in [5.74, 6) is 0. The molecular formula is C7H14O7. The van der Waals surface area contributed by atoms with Gasteiger partial charge in [0.15, 0.2) is 6.29 Å². The fourth-order valence-corrected chi connectivity index (χ4v) is 1.31. The summed E-state index contributed by atoms with van der Waals surface area (Å²) in [6, 6.07) is 0. The summed E-state index contributed by atoms with van der Waals surface area (Å²) < 4.78 is 4.62. The average Bonchev–Trinajstić information content (AvgIpc) is 2.19. The Balaban J connectivity index is 2.70. The molecule has 0 aromatic heterocycles. The molecule has 0 radical (unpaired) electrons. The molecule has 1 heterocycles. The lowest BCUT2D eigenvalue weighted by molar-refractivity contribution is -0.298. The van der Waals surface area contributed by atoms with E-state index in [9.17, 15) is 10.2 Å². The highest BCUT2D eigenvalue weighted by atomic mass is 16.6. The normalized spacial score (nSPS) is 46.3. The molecule has 0 aromatic carbocycles. The lowest BCUT2D eigenvalue weighted by Gasteiger charge is -2.39. The van der Waals surface area contributed by atoms with Crippen LogP contribution >= 0.6 is 0 Å². The van der Waals surface area contributed by atoms with Crippen molar-refractivity contribution in [3.63, 3.8) is 0 Å². The van der Waals surface area contributed by atoms with Gasteiger partial charge >= 0.3 is 0 Å². The summed E-state index contributed by atoms with van der Waals surface area (Å²) in [5, 5.41) is 54.3. The maximum Gasteiger partial charge on any atom is 0.184 e. The molecule has 84 valence electrons. The Bertz CT molecular complexity index is 187. The van der Waals surface area contributed by atoms with Crippen LogP contribution in [0.3, 0.4) is 0 Å². The van der Waals surface area contributed by atoms with Crippen LogP contribution in [0.15, 0.2) is 0 Å². The van der Waals surface area contributed by atoms with Crippen LogP contribution < -0.4 is 0 Å². The first-order valence-electron chi connectivity index (χ1n) is 4.15. The van der Waals surface area contributed by atoms with Gasteiger partial charge in [0.25, 0.3) is 0 Å². The van der Waals surface area contributed by atoms with Gasteiger partial charge in [-0.25, -0.2) is 0 Å². The highest BCUT2D eigenvalue weighted by Crippen LogP contribution is 2.21. The van der Waals surface area contributed by atoms with Gasteiger partial charge in [-0.15, -0.1) is 0 Å². The highest BCUT2D eigenvalue weighted by molar-refractivity contribution is 4.91. The van der Waals surface area contributed by atoms with Gasteiger partial charge in [-0.05, 0) is 0 Å². The van der Waals surface area contributed by atoms with E-state index >= 15 is 0 Å². The van der Waals surface area contributed by atoms with Gasteiger partial charge in [0.2, 0.25) is 0 Å². The van der Waals surface area contributed by atoms with E-state index in [0.29, 0.717) is 0 Å². The fraction of sp³-hybridized carbons (Fsp3) is 1.00. The first-order valence-corrected chi connectivity index (χ1v) is 4.15. The molecule has 0 aromatic rings. The van der Waals surface area contributed by atoms with Crippen LogP contribution in [0.2, 0.25) is 0 Å². The minimum atomic E-state index is -1.69. The topological polar surface area (TPSA) is 131 Å². The summed E-state index contributed by atoms with van der Waals surface area (Å²) in [4.78, 5) is 0. The molecule has 0 amide bonds. The average molecular weight is 210 g/mol. The van der Waals surface area contributed by atoms with Crippen molar-refractivity contribution < 1.29 is 35.4 Å². The van der Waals surface area contributed by atoms with Crippen LogP contribution in [-0.2, 0) is 4.74 Å². The number of ether oxygens (including phenoxy) is 1. The third-order valence-corrected chi connectivity index (χ3v) is 2.19. The summed E-state index contributed by atoms with van der Waals surface area (Å²) in [6.45, 7) is -0.683. The number of hydrogen-bond donors (Lipinski definition) is 6. The van der Waals surface area contributed by atoms with E-state index in [-0.39, 0.29) is 0 Å². The van der Waals surface area contributed by atoms with E-state index in [4.69, 9.17) is 20.4 Å². The zero-order chi connectivity index (χ0) is 10.9. The van der Waals surface area contributed by atoms with Gasteiger partial charge in [-0.3, -0.25) is 0 Å². The van der Waals surface area contributed by atoms with Crippen molar-refractivity contribution in [3.05, 3.63) is 0 Å². The Morgan fingerprint density at radius 3 is 2.07 bits per heavy atom. The third-order valence-electron chi connectivity index (χ3n) is 2.19. The zero-order valence-electron chi connectivity index (χ0n) is 7.26. The van der Waals surface area contributed by atoms with Crippen LogP contribution in [0.5, 0.6) is 0 Å². The summed E-state index contributed by atoms with van der Waals surface area (Å²) in [7, 11) is 0. The van der Waals surface area contributed by atoms with Crippen LogP contribution in [-0.4, -0.2) is 74.1 Å². The number of aliphatic hydroxyl groups is 6. The Labute approximate surface area is 79.8 Å². The van der Waals surface area contributed by atoms with Crippen LogP contribution in [0.25, 0.3) is 0 Å². The van der Waals surface area contributed by atoms with Crippen molar-refractivity contribution in [1.82, 2.24) is 0 Å². The molecule has 1 saturated heterocycles. The first kappa shape index (κ1) is 11.8. The fourth-order valence-electron chi connectivity index (χ4n) is 1.31. The van der Waals surface area contributed by atoms with Crippen LogP contribution in [0.1, 0.15) is 0 Å². The SMILES string of the molecule is OC[C@H](O)[C@@H]1O[C@@H](O)[C@@H](O)[C@@H](O)[C@@H]1O. The first-order chi connectivity index (χ1) is 6.49. The van der Waals surface area contributed by atoms with Gasteiger partial charge in [-0.2, -0.15) is 0 Å². The van der Waals surface area contributed by atoms with E-state index < -0.39 is 43.4 Å². The highest BCUT2D eigenvalue weighted by Gasteiger charge is 2.45. The summed E-state index contributed by atoms with van der Waals surface area (Å²) in [5.41, 5.74) is 0. The van der Waals surface area contributed by atoms with Crippen LogP contribution in [0.4, 0.5) is 0 Å². The largest absolute Gasteiger partial charge is 0.394 e. The second kappa shape index (κ2) is 4.49. The monoisotopic (exact) mass is 210 g/mol. The zero-order valence-corrected chi connectivity index (χ0v) is 7.26. The molecule has 0 unspecified atom stereocenters. The minimum Gasteiger partial charge on any atom is -0.394 e. The Morgan fingerprint density at radius 2 is 1.57 bits per heavy atom. The molecule has 14 heavy (non-hydrogen) atoms. The molecule has 6 N–H and O–H groups in total. The molecule has 7 heteroatoms. The van der Waals surface area contributed by atoms with Crippen molar-refractivity contribution in [3.8, 4) is 0 Å². The van der Waals surface area contributed by atoms with Crippen molar-refractivity contribution >= 4 is 0 Å². The molecule has 0 aliphatic carbocycles. The Kier molecular flexibility index (Phi) is 3.78. The van der Waals surface area contributed by atoms with Crippen molar-refractivity contribution in [2.75, 3.05) is 6.61 Å². The molecule has 6 atom stereocenters. The molecule has 1 aliphatic heterocycles. The van der Waals surface area contributed by atoms with E-state index in [0.717, 1.165) is 0 Å². The Hall–Kier alpha value is -0.280. The third kappa shape index (κ3) is 2.04. The predicted octanol–water partition coefficient (Wildman–Crippen LogP) is -3.86. The summed E-state index contributed by atoms with van der Waals surface area (Å²) >= 11 is 0. The maximum atomic E-state index is 9.31. The number of hydrogen-bond acceptors (Lipinski definition) is 7. The number of aliphatic hydroxyl groups excluding tert-OH is 6. The van der Waals surface area contributed by atoms with Gasteiger partial charge in [0, 0.05) is 0 Å². The molecule has 1 rings (SSSR count). The molecular weight excluding hydrogens is 196 g/mol. The van der Waals surface area contributed by atoms with Gasteiger partial charge < -0.3 is 35.4 Å². The van der Waals surface area contributed by atoms with Gasteiger partial charge in [0.05, 0.1) is 6.61 Å². The smallest absolute Gasteiger partial charge is 0.184 e. The Morgan fingerprint density at radius 1 is 1.00 bits per heavy atom. The molecule has 7 nitrogen and oxygen atoms in total. The van der Waals surface area contributed by atoms with Crippen molar-refractivity contribution in [2.24, 2.45) is 0 Å². The predicted molar refractivity (Wildman–Crippen MR) is 42.0 cm³/mol. The minimum absolute atomic E-state index is 0.683. The quantitative estimate of drug-likeness (QED) is 0.275. The lowest BCUT2D eigenvalue weighted by atomic mass is 9.96. The lowest BCUT2D eigenvalue weighted by Crippen LogP contribution is -2.61. The van der Waals surface area contributed by atoms with E-state index in [1.165, 1.54) is 0 Å². The van der Waals surface area contributed by atoms with E-state index in [1.807, 2.05) is 0 Å². The molecule has 1 fully saturated rings. The van der Waals surface area contributed by atoms with Crippen molar-refractivity contribution in [2.45, 2.75) is 36.8 Å². The maximum absolute atomic E-state index is 9.31. The van der Waals surface area contributed by atoms with E-state index in [2.05, 4.69) is 4.74 Å². The standard InChI is InChI=1S/C7H14O7/c8-1-2(9)6-4(11)3(10)5(12)7(13)14-6/h2-13H,1H2/t2-,3-,4-,5-,6-,7+/m0/s1. The van der Waals surface area contributed by atoms with Crippen LogP contribution in [0, 0.1) is 0 Å². The second-order valence-electron chi connectivity index (χ2n) is 3.21. The molecule has 0 saturated carbocycles. The molecule has 0 spiro atoms. The van der Waals surface area contributed by atoms with Gasteiger partial charge in [-0.1, -0.05) is 0 Å². The number of rotatable bonds is 2. The summed E-state index contributed by atoms with van der Waals surface area (Å²) in [6.07, 6.45) is -9.26. The van der Waals surface area contributed by atoms with Crippen molar-refractivity contribution in [1.29, 1.82) is 0 Å². The second-order valence-corrected chi connectivity index (χ2v) is 3.21.